The van der Waals surface area contributed by atoms with E-state index >= 15 is 0 Å². The fourth-order valence-electron chi connectivity index (χ4n) is 3.10. The maximum absolute atomic E-state index is 12.2. The fourth-order valence-corrected chi connectivity index (χ4v) is 3.10. The van der Waals surface area contributed by atoms with E-state index in [0.29, 0.717) is 12.3 Å². The Bertz CT molecular complexity index is 813. The highest BCUT2D eigenvalue weighted by atomic mass is 16.7. The first-order valence-corrected chi connectivity index (χ1v) is 9.45. The Morgan fingerprint density at radius 1 is 1.07 bits per heavy atom. The van der Waals surface area contributed by atoms with Crippen LogP contribution in [-0.2, 0) is 17.9 Å². The summed E-state index contributed by atoms with van der Waals surface area (Å²) in [6, 6.07) is 13.9. The molecule has 0 saturated heterocycles. The molecule has 2 aromatic carbocycles. The van der Waals surface area contributed by atoms with Crippen LogP contribution >= 0.6 is 0 Å². The highest BCUT2D eigenvalue weighted by molar-refractivity contribution is 5.91. The van der Waals surface area contributed by atoms with Crippen molar-refractivity contribution in [2.75, 3.05) is 19.9 Å². The molecule has 2 aromatic rings. The van der Waals surface area contributed by atoms with Gasteiger partial charge < -0.3 is 19.7 Å². The number of carbonyl (C=O) groups excluding carboxylic acids is 1. The van der Waals surface area contributed by atoms with Gasteiger partial charge in [0, 0.05) is 18.2 Å². The standard InChI is InChI=1S/C22H26N2O3/c1-3-24(4-2)15-19-8-6-5-7-18(19)14-23-22(25)12-10-17-9-11-20-21(13-17)27-16-26-20/h5-13H,3-4,14-16H2,1-2H3,(H,23,25)/p+1/b12-10+. The summed E-state index contributed by atoms with van der Waals surface area (Å²) in [5.41, 5.74) is 3.36. The lowest BCUT2D eigenvalue weighted by Crippen LogP contribution is -3.10. The van der Waals surface area contributed by atoms with Crippen molar-refractivity contribution >= 4 is 12.0 Å². The van der Waals surface area contributed by atoms with Gasteiger partial charge in [0.15, 0.2) is 11.5 Å². The molecular weight excluding hydrogens is 340 g/mol. The number of fused-ring (bicyclic) bond motifs is 1. The quantitative estimate of drug-likeness (QED) is 0.703. The molecule has 0 radical (unpaired) electrons. The Morgan fingerprint density at radius 3 is 2.59 bits per heavy atom. The number of benzene rings is 2. The largest absolute Gasteiger partial charge is 0.454 e. The number of nitrogens with one attached hydrogen (secondary N) is 2. The molecule has 3 rings (SSSR count). The minimum absolute atomic E-state index is 0.113. The first-order chi connectivity index (χ1) is 13.2. The predicted octanol–water partition coefficient (Wildman–Crippen LogP) is 2.17. The molecule has 5 nitrogen and oxygen atoms in total. The number of rotatable bonds is 8. The molecule has 0 atom stereocenters. The Hall–Kier alpha value is -2.79. The van der Waals surface area contributed by atoms with Gasteiger partial charge in [0.25, 0.3) is 0 Å². The van der Waals surface area contributed by atoms with Crippen LogP contribution < -0.4 is 19.7 Å². The summed E-state index contributed by atoms with van der Waals surface area (Å²) in [7, 11) is 0. The van der Waals surface area contributed by atoms with Crippen LogP contribution in [0.3, 0.4) is 0 Å². The van der Waals surface area contributed by atoms with Crippen molar-refractivity contribution in [3.63, 3.8) is 0 Å². The molecule has 0 bridgehead atoms. The van der Waals surface area contributed by atoms with E-state index in [0.717, 1.165) is 30.9 Å². The van der Waals surface area contributed by atoms with Crippen LogP contribution in [0.2, 0.25) is 0 Å². The Labute approximate surface area is 160 Å². The third-order valence-electron chi connectivity index (χ3n) is 4.84. The van der Waals surface area contributed by atoms with E-state index < -0.39 is 0 Å². The van der Waals surface area contributed by atoms with Crippen LogP contribution in [0.15, 0.2) is 48.5 Å². The van der Waals surface area contributed by atoms with Gasteiger partial charge in [-0.2, -0.15) is 0 Å². The van der Waals surface area contributed by atoms with Gasteiger partial charge in [-0.25, -0.2) is 0 Å². The average molecular weight is 367 g/mol. The van der Waals surface area contributed by atoms with Crippen molar-refractivity contribution in [1.82, 2.24) is 5.32 Å². The van der Waals surface area contributed by atoms with Gasteiger partial charge in [0.05, 0.1) is 13.1 Å². The number of quaternary nitrogens is 1. The van der Waals surface area contributed by atoms with Crippen molar-refractivity contribution in [2.24, 2.45) is 0 Å². The van der Waals surface area contributed by atoms with Crippen LogP contribution in [0.4, 0.5) is 0 Å². The molecule has 0 aliphatic carbocycles. The summed E-state index contributed by atoms with van der Waals surface area (Å²) in [6.07, 6.45) is 3.33. The van der Waals surface area contributed by atoms with Crippen molar-refractivity contribution in [3.05, 3.63) is 65.2 Å². The molecule has 2 N–H and O–H groups in total. The highest BCUT2D eigenvalue weighted by Crippen LogP contribution is 2.32. The summed E-state index contributed by atoms with van der Waals surface area (Å²) in [4.78, 5) is 13.7. The number of amides is 1. The second-order valence-corrected chi connectivity index (χ2v) is 6.57. The third-order valence-corrected chi connectivity index (χ3v) is 4.84. The molecule has 5 heteroatoms. The molecule has 0 unspecified atom stereocenters. The van der Waals surface area contributed by atoms with Gasteiger partial charge in [0.2, 0.25) is 12.7 Å². The zero-order chi connectivity index (χ0) is 19.1. The summed E-state index contributed by atoms with van der Waals surface area (Å²) < 4.78 is 10.6. The van der Waals surface area contributed by atoms with E-state index in [1.807, 2.05) is 24.3 Å². The molecule has 142 valence electrons. The van der Waals surface area contributed by atoms with Gasteiger partial charge in [0.1, 0.15) is 6.54 Å². The molecule has 1 aliphatic heterocycles. The van der Waals surface area contributed by atoms with Crippen LogP contribution in [-0.4, -0.2) is 25.8 Å². The molecule has 27 heavy (non-hydrogen) atoms. The van der Waals surface area contributed by atoms with Crippen LogP contribution in [0.25, 0.3) is 6.08 Å². The molecule has 0 fully saturated rings. The molecule has 1 heterocycles. The van der Waals surface area contributed by atoms with Gasteiger partial charge in [-0.15, -0.1) is 0 Å². The third kappa shape index (κ3) is 5.11. The highest BCUT2D eigenvalue weighted by Gasteiger charge is 2.12. The van der Waals surface area contributed by atoms with Crippen molar-refractivity contribution < 1.29 is 19.2 Å². The summed E-state index contributed by atoms with van der Waals surface area (Å²) in [5.74, 6) is 1.34. The van der Waals surface area contributed by atoms with Crippen molar-refractivity contribution in [3.8, 4) is 11.5 Å². The maximum Gasteiger partial charge on any atom is 0.244 e. The zero-order valence-corrected chi connectivity index (χ0v) is 16.0. The minimum atomic E-state index is -0.113. The van der Waals surface area contributed by atoms with Crippen LogP contribution in [0, 0.1) is 0 Å². The van der Waals surface area contributed by atoms with E-state index in [1.165, 1.54) is 16.0 Å². The maximum atomic E-state index is 12.2. The van der Waals surface area contributed by atoms with E-state index in [2.05, 4.69) is 37.4 Å². The first kappa shape index (κ1) is 19.0. The zero-order valence-electron chi connectivity index (χ0n) is 16.0. The van der Waals surface area contributed by atoms with E-state index in [-0.39, 0.29) is 12.7 Å². The molecule has 0 aromatic heterocycles. The predicted molar refractivity (Wildman–Crippen MR) is 106 cm³/mol. The SMILES string of the molecule is CC[NH+](CC)Cc1ccccc1CNC(=O)/C=C/c1ccc2c(c1)OCO2. The first-order valence-electron chi connectivity index (χ1n) is 9.45. The minimum Gasteiger partial charge on any atom is -0.454 e. The summed E-state index contributed by atoms with van der Waals surface area (Å²) in [5, 5.41) is 2.98. The molecule has 1 aliphatic rings. The Kier molecular flexibility index (Phi) is 6.49. The fraction of sp³-hybridized carbons (Fsp3) is 0.318. The van der Waals surface area contributed by atoms with Crippen LogP contribution in [0.5, 0.6) is 11.5 Å². The van der Waals surface area contributed by atoms with Gasteiger partial charge in [-0.3, -0.25) is 4.79 Å². The number of hydrogen-bond donors (Lipinski definition) is 2. The van der Waals surface area contributed by atoms with E-state index in [4.69, 9.17) is 9.47 Å². The number of hydrogen-bond acceptors (Lipinski definition) is 3. The second kappa shape index (κ2) is 9.24. The lowest BCUT2D eigenvalue weighted by molar-refractivity contribution is -0.910. The van der Waals surface area contributed by atoms with Crippen molar-refractivity contribution in [2.45, 2.75) is 26.9 Å². The number of ether oxygens (including phenoxy) is 2. The van der Waals surface area contributed by atoms with E-state index in [9.17, 15) is 4.79 Å². The Balaban J connectivity index is 1.58. The van der Waals surface area contributed by atoms with Crippen LogP contribution in [0.1, 0.15) is 30.5 Å². The average Bonchev–Trinajstić information content (AvgIpc) is 3.17. The van der Waals surface area contributed by atoms with Gasteiger partial charge in [-0.05, 0) is 43.2 Å². The number of carbonyl (C=O) groups is 1. The smallest absolute Gasteiger partial charge is 0.244 e. The second-order valence-electron chi connectivity index (χ2n) is 6.57. The molecule has 0 spiro atoms. The Morgan fingerprint density at radius 2 is 1.81 bits per heavy atom. The van der Waals surface area contributed by atoms with Crippen molar-refractivity contribution in [1.29, 1.82) is 0 Å². The topological polar surface area (TPSA) is 52.0 Å². The molecular formula is C22H27N2O3+. The monoisotopic (exact) mass is 367 g/mol. The normalized spacial score (nSPS) is 12.7. The van der Waals surface area contributed by atoms with Gasteiger partial charge >= 0.3 is 0 Å². The molecule has 1 amide bonds. The lowest BCUT2D eigenvalue weighted by atomic mass is 10.1. The lowest BCUT2D eigenvalue weighted by Gasteiger charge is -2.17. The summed E-state index contributed by atoms with van der Waals surface area (Å²) >= 11 is 0. The van der Waals surface area contributed by atoms with Gasteiger partial charge in [-0.1, -0.05) is 30.3 Å². The molecule has 0 saturated carbocycles. The van der Waals surface area contributed by atoms with E-state index in [1.54, 1.807) is 12.2 Å². The summed E-state index contributed by atoms with van der Waals surface area (Å²) in [6.45, 7) is 8.34.